The zero-order valence-corrected chi connectivity index (χ0v) is 21.4. The number of amides is 2. The largest absolute Gasteiger partial charge is 0.473 e. The van der Waals surface area contributed by atoms with Gasteiger partial charge in [0.15, 0.2) is 0 Å². The molecule has 3 aromatic rings. The molecule has 0 aliphatic carbocycles. The molecule has 1 N–H and O–H groups in total. The van der Waals surface area contributed by atoms with Crippen molar-refractivity contribution in [1.29, 1.82) is 0 Å². The van der Waals surface area contributed by atoms with Crippen LogP contribution in [0.2, 0.25) is 0 Å². The normalized spacial score (nSPS) is 19.1. The minimum absolute atomic E-state index is 0.0361. The number of nitrogens with one attached hydrogen (secondary N) is 1. The van der Waals surface area contributed by atoms with Crippen molar-refractivity contribution >= 4 is 28.5 Å². The average Bonchev–Trinajstić information content (AvgIpc) is 3.49. The maximum atomic E-state index is 12.3. The summed E-state index contributed by atoms with van der Waals surface area (Å²) in [5, 5.41) is 2.88. The number of imidazole rings is 1. The van der Waals surface area contributed by atoms with Crippen molar-refractivity contribution in [3.05, 3.63) is 36.7 Å². The van der Waals surface area contributed by atoms with Crippen molar-refractivity contribution in [1.82, 2.24) is 24.8 Å². The Labute approximate surface area is 211 Å². The molecule has 2 fully saturated rings. The highest BCUT2D eigenvalue weighted by molar-refractivity contribution is 5.85. The molecule has 2 saturated heterocycles. The van der Waals surface area contributed by atoms with E-state index in [2.05, 4.69) is 39.5 Å². The van der Waals surface area contributed by atoms with Crippen LogP contribution in [0.25, 0.3) is 22.3 Å². The van der Waals surface area contributed by atoms with E-state index in [1.165, 1.54) is 0 Å². The highest BCUT2D eigenvalue weighted by atomic mass is 16.5. The lowest BCUT2D eigenvalue weighted by Crippen LogP contribution is -2.49. The van der Waals surface area contributed by atoms with Crippen LogP contribution in [0, 0.1) is 11.8 Å². The lowest BCUT2D eigenvalue weighted by atomic mass is 10.0. The van der Waals surface area contributed by atoms with Gasteiger partial charge in [0.2, 0.25) is 17.7 Å². The Kier molecular flexibility index (Phi) is 6.55. The van der Waals surface area contributed by atoms with Crippen LogP contribution in [-0.2, 0) is 16.6 Å². The number of pyridine rings is 1. The molecular weight excluding hydrogens is 456 g/mol. The van der Waals surface area contributed by atoms with Crippen LogP contribution in [0.15, 0.2) is 36.7 Å². The van der Waals surface area contributed by atoms with Gasteiger partial charge in [-0.3, -0.25) is 9.59 Å². The zero-order valence-electron chi connectivity index (χ0n) is 21.4. The summed E-state index contributed by atoms with van der Waals surface area (Å²) in [6, 6.07) is 10.4. The standard InChI is InChI=1S/C27H34N6O3/c1-17(2)27(35)33-11-9-32(10-12-33)21-7-5-19(6-8-21)22-14-23-25(31(4)16-29-23)26(30-22)36-18(3)20-13-24(34)28-15-20/h5-8,14,16-18,20H,9-13,15H2,1-4H3,(H,28,34). The summed E-state index contributed by atoms with van der Waals surface area (Å²) in [4.78, 5) is 37.7. The molecule has 190 valence electrons. The first-order valence-electron chi connectivity index (χ1n) is 12.7. The first kappa shape index (κ1) is 24.1. The van der Waals surface area contributed by atoms with Crippen LogP contribution < -0.4 is 15.0 Å². The van der Waals surface area contributed by atoms with Gasteiger partial charge in [0.05, 0.1) is 17.5 Å². The van der Waals surface area contributed by atoms with E-state index in [1.54, 1.807) is 6.33 Å². The summed E-state index contributed by atoms with van der Waals surface area (Å²) >= 11 is 0. The predicted molar refractivity (Wildman–Crippen MR) is 139 cm³/mol. The number of anilines is 1. The number of piperazine rings is 1. The number of fused-ring (bicyclic) bond motifs is 1. The first-order chi connectivity index (χ1) is 17.3. The van der Waals surface area contributed by atoms with E-state index >= 15 is 0 Å². The van der Waals surface area contributed by atoms with Crippen LogP contribution in [0.5, 0.6) is 5.88 Å². The lowest BCUT2D eigenvalue weighted by Gasteiger charge is -2.37. The molecule has 1 aromatic carbocycles. The van der Waals surface area contributed by atoms with Gasteiger partial charge in [-0.1, -0.05) is 26.0 Å². The lowest BCUT2D eigenvalue weighted by molar-refractivity contribution is -0.134. The molecule has 0 radical (unpaired) electrons. The molecule has 2 aromatic heterocycles. The summed E-state index contributed by atoms with van der Waals surface area (Å²) in [6.45, 7) is 9.66. The first-order valence-corrected chi connectivity index (χ1v) is 12.7. The number of ether oxygens (including phenoxy) is 1. The van der Waals surface area contributed by atoms with Crippen molar-refractivity contribution in [2.75, 3.05) is 37.6 Å². The fraction of sp³-hybridized carbons (Fsp3) is 0.481. The molecule has 0 bridgehead atoms. The van der Waals surface area contributed by atoms with Crippen LogP contribution in [0.3, 0.4) is 0 Å². The topological polar surface area (TPSA) is 92.6 Å². The number of aromatic nitrogens is 3. The third-order valence-corrected chi connectivity index (χ3v) is 7.25. The molecule has 2 amide bonds. The smallest absolute Gasteiger partial charge is 0.241 e. The number of hydrogen-bond donors (Lipinski definition) is 1. The van der Waals surface area contributed by atoms with Crippen molar-refractivity contribution in [3.8, 4) is 17.1 Å². The Hall–Kier alpha value is -3.62. The third-order valence-electron chi connectivity index (χ3n) is 7.25. The number of hydrogen-bond acceptors (Lipinski definition) is 6. The van der Waals surface area contributed by atoms with E-state index in [9.17, 15) is 9.59 Å². The van der Waals surface area contributed by atoms with Crippen molar-refractivity contribution < 1.29 is 14.3 Å². The van der Waals surface area contributed by atoms with Crippen LogP contribution >= 0.6 is 0 Å². The molecule has 0 saturated carbocycles. The Morgan fingerprint density at radius 3 is 2.47 bits per heavy atom. The number of rotatable bonds is 6. The fourth-order valence-corrected chi connectivity index (χ4v) is 4.99. The van der Waals surface area contributed by atoms with Gasteiger partial charge in [-0.05, 0) is 25.1 Å². The summed E-state index contributed by atoms with van der Waals surface area (Å²) in [7, 11) is 1.93. The molecule has 4 heterocycles. The van der Waals surface area contributed by atoms with E-state index in [1.807, 2.05) is 43.4 Å². The van der Waals surface area contributed by atoms with E-state index in [0.717, 1.165) is 54.2 Å². The molecule has 9 heteroatoms. The van der Waals surface area contributed by atoms with E-state index < -0.39 is 0 Å². The van der Waals surface area contributed by atoms with Crippen LogP contribution in [0.4, 0.5) is 5.69 Å². The summed E-state index contributed by atoms with van der Waals surface area (Å²) in [6.07, 6.45) is 2.08. The SMILES string of the molecule is CC(C)C(=O)N1CCN(c2ccc(-c3cc4ncn(C)c4c(OC(C)C4CNC(=O)C4)n3)cc2)CC1. The van der Waals surface area contributed by atoms with Crippen molar-refractivity contribution in [3.63, 3.8) is 0 Å². The Morgan fingerprint density at radius 1 is 1.11 bits per heavy atom. The third kappa shape index (κ3) is 4.74. The fourth-order valence-electron chi connectivity index (χ4n) is 4.99. The summed E-state index contributed by atoms with van der Waals surface area (Å²) in [5.74, 6) is 0.972. The number of carbonyl (C=O) groups is 2. The number of nitrogens with zero attached hydrogens (tertiary/aromatic N) is 5. The van der Waals surface area contributed by atoms with Crippen molar-refractivity contribution in [2.24, 2.45) is 18.9 Å². The molecule has 2 unspecified atom stereocenters. The van der Waals surface area contributed by atoms with Gasteiger partial charge in [-0.25, -0.2) is 9.97 Å². The minimum atomic E-state index is -0.159. The van der Waals surface area contributed by atoms with Crippen LogP contribution in [0.1, 0.15) is 27.2 Å². The number of benzene rings is 1. The van der Waals surface area contributed by atoms with E-state index in [4.69, 9.17) is 9.72 Å². The van der Waals surface area contributed by atoms with Gasteiger partial charge < -0.3 is 24.4 Å². The highest BCUT2D eigenvalue weighted by Gasteiger charge is 2.29. The second-order valence-corrected chi connectivity index (χ2v) is 10.1. The van der Waals surface area contributed by atoms with Gasteiger partial charge in [0, 0.05) is 69.3 Å². The van der Waals surface area contributed by atoms with Gasteiger partial charge in [0.1, 0.15) is 11.6 Å². The Bertz CT molecular complexity index is 1260. The summed E-state index contributed by atoms with van der Waals surface area (Å²) < 4.78 is 8.24. The van der Waals surface area contributed by atoms with Gasteiger partial charge in [0.25, 0.3) is 0 Å². The monoisotopic (exact) mass is 490 g/mol. The second-order valence-electron chi connectivity index (χ2n) is 10.1. The Balaban J connectivity index is 1.34. The van der Waals surface area contributed by atoms with Crippen molar-refractivity contribution in [2.45, 2.75) is 33.3 Å². The quantitative estimate of drug-likeness (QED) is 0.571. The van der Waals surface area contributed by atoms with Gasteiger partial charge >= 0.3 is 0 Å². The highest BCUT2D eigenvalue weighted by Crippen LogP contribution is 2.31. The maximum Gasteiger partial charge on any atom is 0.241 e. The molecule has 2 aliphatic rings. The van der Waals surface area contributed by atoms with Crippen LogP contribution in [-0.4, -0.2) is 70.1 Å². The summed E-state index contributed by atoms with van der Waals surface area (Å²) in [5.41, 5.74) is 4.57. The second kappa shape index (κ2) is 9.79. The maximum absolute atomic E-state index is 12.3. The molecule has 2 atom stereocenters. The molecule has 9 nitrogen and oxygen atoms in total. The van der Waals surface area contributed by atoms with E-state index in [0.29, 0.717) is 18.8 Å². The van der Waals surface area contributed by atoms with Gasteiger partial charge in [-0.15, -0.1) is 0 Å². The molecule has 0 spiro atoms. The minimum Gasteiger partial charge on any atom is -0.473 e. The molecular formula is C27H34N6O3. The van der Waals surface area contributed by atoms with E-state index in [-0.39, 0.29) is 29.8 Å². The average molecular weight is 491 g/mol. The zero-order chi connectivity index (χ0) is 25.4. The Morgan fingerprint density at radius 2 is 1.83 bits per heavy atom. The predicted octanol–water partition coefficient (Wildman–Crippen LogP) is 2.84. The number of aryl methyl sites for hydroxylation is 1. The molecule has 36 heavy (non-hydrogen) atoms. The van der Waals surface area contributed by atoms with Gasteiger partial charge in [-0.2, -0.15) is 0 Å². The molecule has 2 aliphatic heterocycles. The number of carbonyl (C=O) groups excluding carboxylic acids is 2. The molecule has 5 rings (SSSR count).